The normalized spacial score (nSPS) is 36.1. The number of piperidine rings is 1. The molecular formula is C9H16N2O2. The fourth-order valence-electron chi connectivity index (χ4n) is 2.42. The highest BCUT2D eigenvalue weighted by Gasteiger charge is 2.56. The minimum atomic E-state index is -0.755. The Hall–Kier alpha value is -0.770. The van der Waals surface area contributed by atoms with Gasteiger partial charge in [-0.15, -0.1) is 0 Å². The first-order chi connectivity index (χ1) is 6.24. The molecular weight excluding hydrogens is 168 g/mol. The molecule has 1 aliphatic carbocycles. The Labute approximate surface area is 77.9 Å². The maximum absolute atomic E-state index is 10.6. The van der Waals surface area contributed by atoms with Crippen molar-refractivity contribution >= 4 is 6.09 Å². The van der Waals surface area contributed by atoms with Crippen LogP contribution in [-0.2, 0) is 0 Å². The lowest BCUT2D eigenvalue weighted by molar-refractivity contribution is 0.148. The van der Waals surface area contributed by atoms with E-state index in [1.54, 1.807) is 0 Å². The first-order valence-electron chi connectivity index (χ1n) is 4.92. The van der Waals surface area contributed by atoms with Crippen molar-refractivity contribution in [1.29, 1.82) is 0 Å². The van der Waals surface area contributed by atoms with Gasteiger partial charge in [-0.3, -0.25) is 0 Å². The lowest BCUT2D eigenvalue weighted by Gasteiger charge is -2.15. The number of nitrogens with zero attached hydrogens (tertiary/aromatic N) is 1. The maximum Gasteiger partial charge on any atom is 0.407 e. The van der Waals surface area contributed by atoms with E-state index in [0.717, 1.165) is 32.1 Å². The van der Waals surface area contributed by atoms with Crippen LogP contribution in [0.25, 0.3) is 0 Å². The Bertz CT molecular complexity index is 208. The van der Waals surface area contributed by atoms with Crippen LogP contribution in [0.1, 0.15) is 6.92 Å². The second-order valence-electron chi connectivity index (χ2n) is 3.99. The van der Waals surface area contributed by atoms with E-state index in [0.29, 0.717) is 11.8 Å². The van der Waals surface area contributed by atoms with Crippen molar-refractivity contribution < 1.29 is 9.90 Å². The fourth-order valence-corrected chi connectivity index (χ4v) is 2.42. The first-order valence-corrected chi connectivity index (χ1v) is 4.92. The quantitative estimate of drug-likeness (QED) is 0.669. The highest BCUT2D eigenvalue weighted by atomic mass is 16.4. The Morgan fingerprint density at radius 2 is 2.15 bits per heavy atom. The Kier molecular flexibility index (Phi) is 2.15. The predicted molar refractivity (Wildman–Crippen MR) is 48.6 cm³/mol. The van der Waals surface area contributed by atoms with Gasteiger partial charge in [0.05, 0.1) is 0 Å². The van der Waals surface area contributed by atoms with E-state index >= 15 is 0 Å². The largest absolute Gasteiger partial charge is 0.465 e. The minimum absolute atomic E-state index is 0.648. The molecule has 0 aromatic carbocycles. The summed E-state index contributed by atoms with van der Waals surface area (Å²) in [6, 6.07) is 0. The summed E-state index contributed by atoms with van der Waals surface area (Å²) in [6.45, 7) is 5.70. The average molecular weight is 184 g/mol. The highest BCUT2D eigenvalue weighted by Crippen LogP contribution is 2.51. The van der Waals surface area contributed by atoms with Crippen LogP contribution in [0.2, 0.25) is 0 Å². The van der Waals surface area contributed by atoms with E-state index in [9.17, 15) is 4.79 Å². The van der Waals surface area contributed by atoms with Crippen LogP contribution in [-0.4, -0.2) is 42.3 Å². The summed E-state index contributed by atoms with van der Waals surface area (Å²) in [5.74, 6) is 2.04. The van der Waals surface area contributed by atoms with Crippen LogP contribution in [0.5, 0.6) is 0 Å². The number of hydrogen-bond acceptors (Lipinski definition) is 2. The summed E-state index contributed by atoms with van der Waals surface area (Å²) in [5, 5.41) is 12.0. The van der Waals surface area contributed by atoms with Gasteiger partial charge in [-0.05, 0) is 30.8 Å². The zero-order valence-corrected chi connectivity index (χ0v) is 7.86. The molecule has 1 heterocycles. The molecule has 2 fully saturated rings. The second-order valence-corrected chi connectivity index (χ2v) is 3.99. The molecule has 4 nitrogen and oxygen atoms in total. The van der Waals surface area contributed by atoms with Crippen LogP contribution in [0, 0.1) is 17.8 Å². The molecule has 3 atom stereocenters. The molecule has 0 radical (unpaired) electrons. The molecule has 1 saturated heterocycles. The fraction of sp³-hybridized carbons (Fsp3) is 0.889. The molecule has 2 rings (SSSR count). The number of fused-ring (bicyclic) bond motifs is 1. The van der Waals surface area contributed by atoms with Crippen molar-refractivity contribution in [2.45, 2.75) is 6.92 Å². The van der Waals surface area contributed by atoms with Crippen molar-refractivity contribution in [2.75, 3.05) is 26.2 Å². The van der Waals surface area contributed by atoms with Gasteiger partial charge < -0.3 is 15.3 Å². The number of nitrogens with one attached hydrogen (secondary N) is 1. The third kappa shape index (κ3) is 1.50. The van der Waals surface area contributed by atoms with Gasteiger partial charge >= 0.3 is 6.09 Å². The number of amides is 1. The van der Waals surface area contributed by atoms with E-state index in [1.165, 1.54) is 4.90 Å². The second kappa shape index (κ2) is 3.18. The number of rotatable bonds is 3. The van der Waals surface area contributed by atoms with E-state index in [1.807, 2.05) is 0 Å². The van der Waals surface area contributed by atoms with Crippen molar-refractivity contribution in [3.8, 4) is 0 Å². The van der Waals surface area contributed by atoms with Crippen LogP contribution in [0.15, 0.2) is 0 Å². The SMILES string of the molecule is CCNC[C@@H]1[C@H]2CN(C(=O)O)C[C@@H]12. The summed E-state index contributed by atoms with van der Waals surface area (Å²) in [4.78, 5) is 12.1. The van der Waals surface area contributed by atoms with Crippen molar-refractivity contribution in [2.24, 2.45) is 17.8 Å². The molecule has 4 heteroatoms. The first kappa shape index (κ1) is 8.81. The number of carboxylic acid groups (broad SMARTS) is 1. The Balaban J connectivity index is 1.74. The van der Waals surface area contributed by atoms with Gasteiger partial charge in [-0.2, -0.15) is 0 Å². The van der Waals surface area contributed by atoms with Gasteiger partial charge in [-0.1, -0.05) is 6.92 Å². The van der Waals surface area contributed by atoms with Crippen molar-refractivity contribution in [3.05, 3.63) is 0 Å². The molecule has 1 saturated carbocycles. The smallest absolute Gasteiger partial charge is 0.407 e. The molecule has 74 valence electrons. The van der Waals surface area contributed by atoms with Gasteiger partial charge in [0, 0.05) is 13.1 Å². The zero-order valence-electron chi connectivity index (χ0n) is 7.86. The van der Waals surface area contributed by atoms with Gasteiger partial charge in [0.2, 0.25) is 0 Å². The Morgan fingerprint density at radius 1 is 1.54 bits per heavy atom. The highest BCUT2D eigenvalue weighted by molar-refractivity contribution is 5.65. The molecule has 13 heavy (non-hydrogen) atoms. The zero-order chi connectivity index (χ0) is 9.42. The molecule has 2 aliphatic rings. The third-order valence-electron chi connectivity index (χ3n) is 3.27. The number of carbonyl (C=O) groups is 1. The van der Waals surface area contributed by atoms with Crippen LogP contribution in [0.3, 0.4) is 0 Å². The summed E-state index contributed by atoms with van der Waals surface area (Å²) in [7, 11) is 0. The van der Waals surface area contributed by atoms with E-state index in [-0.39, 0.29) is 0 Å². The van der Waals surface area contributed by atoms with Crippen LogP contribution < -0.4 is 5.32 Å². The monoisotopic (exact) mass is 184 g/mol. The summed E-state index contributed by atoms with van der Waals surface area (Å²) >= 11 is 0. The molecule has 0 bridgehead atoms. The topological polar surface area (TPSA) is 52.6 Å². The molecule has 0 unspecified atom stereocenters. The molecule has 2 N–H and O–H groups in total. The van der Waals surface area contributed by atoms with Gasteiger partial charge in [-0.25, -0.2) is 4.79 Å². The minimum Gasteiger partial charge on any atom is -0.465 e. The van der Waals surface area contributed by atoms with Crippen molar-refractivity contribution in [1.82, 2.24) is 10.2 Å². The maximum atomic E-state index is 10.6. The molecule has 0 aromatic rings. The summed E-state index contributed by atoms with van der Waals surface area (Å²) in [6.07, 6.45) is -0.755. The lowest BCUT2D eigenvalue weighted by atomic mass is 10.2. The lowest BCUT2D eigenvalue weighted by Crippen LogP contribution is -2.31. The third-order valence-corrected chi connectivity index (χ3v) is 3.27. The van der Waals surface area contributed by atoms with Crippen molar-refractivity contribution in [3.63, 3.8) is 0 Å². The van der Waals surface area contributed by atoms with E-state index < -0.39 is 6.09 Å². The van der Waals surface area contributed by atoms with E-state index in [2.05, 4.69) is 12.2 Å². The standard InChI is InChI=1S/C9H16N2O2/c1-2-10-3-6-7-4-11(9(12)13)5-8(6)7/h6-8,10H,2-5H2,1H3,(H,12,13)/t6-,7-,8+. The van der Waals surface area contributed by atoms with Gasteiger partial charge in [0.25, 0.3) is 0 Å². The average Bonchev–Trinajstić information content (AvgIpc) is 2.58. The summed E-state index contributed by atoms with van der Waals surface area (Å²) in [5.41, 5.74) is 0. The number of hydrogen-bond donors (Lipinski definition) is 2. The predicted octanol–water partition coefficient (Wildman–Crippen LogP) is 0.452. The van der Waals surface area contributed by atoms with Crippen LogP contribution in [0.4, 0.5) is 4.79 Å². The molecule has 0 aromatic heterocycles. The molecule has 1 amide bonds. The number of likely N-dealkylation sites (tertiary alicyclic amines) is 1. The van der Waals surface area contributed by atoms with E-state index in [4.69, 9.17) is 5.11 Å². The summed E-state index contributed by atoms with van der Waals surface area (Å²) < 4.78 is 0. The van der Waals surface area contributed by atoms with Gasteiger partial charge in [0.15, 0.2) is 0 Å². The van der Waals surface area contributed by atoms with Gasteiger partial charge in [0.1, 0.15) is 0 Å². The van der Waals surface area contributed by atoms with Crippen LogP contribution >= 0.6 is 0 Å². The Morgan fingerprint density at radius 3 is 2.62 bits per heavy atom. The molecule has 0 spiro atoms. The molecule has 1 aliphatic heterocycles.